The largest absolute Gasteiger partial charge is 0.330 e. The summed E-state index contributed by atoms with van der Waals surface area (Å²) in [5.74, 6) is 0.569. The number of amides is 1. The lowest BCUT2D eigenvalue weighted by molar-refractivity contribution is -0.120. The SMILES string of the molecule is CCCC[C@H](CN)C1(C)C=CC(NC(=O)CCc2ccccc2)=CC1. The number of carbonyl (C=O) groups is 1. The number of carbonyl (C=O) groups excluding carboxylic acids is 1. The average Bonchev–Trinajstić information content (AvgIpc) is 2.63. The van der Waals surface area contributed by atoms with Gasteiger partial charge in [0.15, 0.2) is 0 Å². The molecule has 1 amide bonds. The van der Waals surface area contributed by atoms with Crippen molar-refractivity contribution in [3.8, 4) is 0 Å². The maximum absolute atomic E-state index is 12.2. The van der Waals surface area contributed by atoms with Gasteiger partial charge in [-0.3, -0.25) is 4.79 Å². The Kier molecular flexibility index (Phi) is 7.45. The molecule has 1 aromatic rings. The fourth-order valence-corrected chi connectivity index (χ4v) is 3.43. The summed E-state index contributed by atoms with van der Waals surface area (Å²) in [5, 5.41) is 3.03. The van der Waals surface area contributed by atoms with Crippen LogP contribution in [0.3, 0.4) is 0 Å². The molecule has 1 aliphatic carbocycles. The molecule has 0 heterocycles. The Bertz CT molecular complexity index is 606. The molecule has 3 nitrogen and oxygen atoms in total. The Morgan fingerprint density at radius 1 is 1.32 bits per heavy atom. The first-order valence-corrected chi connectivity index (χ1v) is 9.50. The zero-order valence-corrected chi connectivity index (χ0v) is 15.6. The first-order chi connectivity index (χ1) is 12.1. The van der Waals surface area contributed by atoms with E-state index >= 15 is 0 Å². The Morgan fingerprint density at radius 3 is 2.68 bits per heavy atom. The van der Waals surface area contributed by atoms with Crippen molar-refractivity contribution in [3.63, 3.8) is 0 Å². The highest BCUT2D eigenvalue weighted by molar-refractivity contribution is 5.78. The molecule has 2 rings (SSSR count). The average molecular weight is 341 g/mol. The topological polar surface area (TPSA) is 55.1 Å². The highest BCUT2D eigenvalue weighted by atomic mass is 16.1. The Balaban J connectivity index is 1.84. The standard InChI is InChI=1S/C22H32N2O/c1-3-4-10-19(17-23)22(2)15-13-20(14-16-22)24-21(25)12-11-18-8-6-5-7-9-18/h5-9,13-15,19H,3-4,10-12,16-17,23H2,1-2H3,(H,24,25)/t19-,22?/m1/s1. The summed E-state index contributed by atoms with van der Waals surface area (Å²) in [6.45, 7) is 5.21. The molecule has 0 saturated carbocycles. The van der Waals surface area contributed by atoms with Crippen molar-refractivity contribution >= 4 is 5.91 Å². The van der Waals surface area contributed by atoms with Crippen LogP contribution in [0.4, 0.5) is 0 Å². The third kappa shape index (κ3) is 5.86. The highest BCUT2D eigenvalue weighted by Gasteiger charge is 2.31. The number of rotatable bonds is 9. The van der Waals surface area contributed by atoms with Gasteiger partial charge in [-0.05, 0) is 48.8 Å². The second-order valence-electron chi connectivity index (χ2n) is 7.31. The molecule has 2 atom stereocenters. The molecule has 0 aromatic heterocycles. The van der Waals surface area contributed by atoms with Gasteiger partial charge in [0.1, 0.15) is 0 Å². The summed E-state index contributed by atoms with van der Waals surface area (Å²) in [6, 6.07) is 10.1. The van der Waals surface area contributed by atoms with Crippen LogP contribution in [0.5, 0.6) is 0 Å². The number of allylic oxidation sites excluding steroid dienone is 3. The molecule has 0 bridgehead atoms. The number of hydrogen-bond acceptors (Lipinski definition) is 2. The normalized spacial score (nSPS) is 20.8. The molecular weight excluding hydrogens is 308 g/mol. The first-order valence-electron chi connectivity index (χ1n) is 9.50. The fourth-order valence-electron chi connectivity index (χ4n) is 3.43. The predicted octanol–water partition coefficient (Wildman–Crippen LogP) is 4.35. The minimum absolute atomic E-state index is 0.0738. The lowest BCUT2D eigenvalue weighted by atomic mass is 9.70. The van der Waals surface area contributed by atoms with Crippen LogP contribution in [0.2, 0.25) is 0 Å². The van der Waals surface area contributed by atoms with E-state index in [1.165, 1.54) is 24.8 Å². The van der Waals surface area contributed by atoms with E-state index in [0.717, 1.165) is 18.5 Å². The second kappa shape index (κ2) is 9.57. The van der Waals surface area contributed by atoms with Crippen LogP contribution in [0.25, 0.3) is 0 Å². The van der Waals surface area contributed by atoms with E-state index in [4.69, 9.17) is 5.73 Å². The Labute approximate surface area is 152 Å². The van der Waals surface area contributed by atoms with Crippen molar-refractivity contribution in [3.05, 3.63) is 59.8 Å². The maximum Gasteiger partial charge on any atom is 0.224 e. The molecule has 25 heavy (non-hydrogen) atoms. The molecule has 0 radical (unpaired) electrons. The molecule has 0 saturated heterocycles. The molecule has 1 aromatic carbocycles. The van der Waals surface area contributed by atoms with Crippen molar-refractivity contribution in [2.75, 3.05) is 6.54 Å². The van der Waals surface area contributed by atoms with Crippen molar-refractivity contribution in [2.45, 2.75) is 52.4 Å². The van der Waals surface area contributed by atoms with Gasteiger partial charge in [0, 0.05) is 12.1 Å². The minimum Gasteiger partial charge on any atom is -0.330 e. The molecule has 1 unspecified atom stereocenters. The number of unbranched alkanes of at least 4 members (excludes halogenated alkanes) is 1. The van der Waals surface area contributed by atoms with Gasteiger partial charge in [-0.2, -0.15) is 0 Å². The number of nitrogens with one attached hydrogen (secondary N) is 1. The van der Waals surface area contributed by atoms with Crippen molar-refractivity contribution in [1.29, 1.82) is 0 Å². The summed E-state index contributed by atoms with van der Waals surface area (Å²) < 4.78 is 0. The van der Waals surface area contributed by atoms with Crippen molar-refractivity contribution < 1.29 is 4.79 Å². The molecule has 136 valence electrons. The molecule has 0 fully saturated rings. The molecule has 0 aliphatic heterocycles. The van der Waals surface area contributed by atoms with Gasteiger partial charge >= 0.3 is 0 Å². The van der Waals surface area contributed by atoms with E-state index in [1.54, 1.807) is 0 Å². The van der Waals surface area contributed by atoms with Gasteiger partial charge in [-0.15, -0.1) is 0 Å². The summed E-state index contributed by atoms with van der Waals surface area (Å²) in [4.78, 5) is 12.2. The Morgan fingerprint density at radius 2 is 2.08 bits per heavy atom. The van der Waals surface area contributed by atoms with Crippen LogP contribution < -0.4 is 11.1 Å². The van der Waals surface area contributed by atoms with Crippen LogP contribution in [-0.2, 0) is 11.2 Å². The maximum atomic E-state index is 12.2. The highest BCUT2D eigenvalue weighted by Crippen LogP contribution is 2.38. The monoisotopic (exact) mass is 340 g/mol. The van der Waals surface area contributed by atoms with E-state index in [1.807, 2.05) is 18.2 Å². The van der Waals surface area contributed by atoms with E-state index in [-0.39, 0.29) is 11.3 Å². The van der Waals surface area contributed by atoms with E-state index in [0.29, 0.717) is 18.9 Å². The smallest absolute Gasteiger partial charge is 0.224 e. The van der Waals surface area contributed by atoms with Crippen molar-refractivity contribution in [1.82, 2.24) is 5.32 Å². The summed E-state index contributed by atoms with van der Waals surface area (Å²) in [5.41, 5.74) is 8.23. The Hall–Kier alpha value is -1.87. The number of aryl methyl sites for hydroxylation is 1. The molecule has 3 heteroatoms. The van der Waals surface area contributed by atoms with Gasteiger partial charge in [0.05, 0.1) is 0 Å². The van der Waals surface area contributed by atoms with Gasteiger partial charge in [-0.25, -0.2) is 0 Å². The lowest BCUT2D eigenvalue weighted by Crippen LogP contribution is -2.33. The number of benzene rings is 1. The summed E-state index contributed by atoms with van der Waals surface area (Å²) in [7, 11) is 0. The van der Waals surface area contributed by atoms with E-state index in [2.05, 4.69) is 49.5 Å². The van der Waals surface area contributed by atoms with Crippen LogP contribution >= 0.6 is 0 Å². The van der Waals surface area contributed by atoms with Crippen molar-refractivity contribution in [2.24, 2.45) is 17.1 Å². The van der Waals surface area contributed by atoms with Gasteiger partial charge in [0.25, 0.3) is 0 Å². The van der Waals surface area contributed by atoms with Gasteiger partial charge in [0.2, 0.25) is 5.91 Å². The lowest BCUT2D eigenvalue weighted by Gasteiger charge is -2.36. The first kappa shape index (κ1) is 19.5. The van der Waals surface area contributed by atoms with E-state index < -0.39 is 0 Å². The zero-order chi connectivity index (χ0) is 18.1. The summed E-state index contributed by atoms with van der Waals surface area (Å²) >= 11 is 0. The van der Waals surface area contributed by atoms with Gasteiger partial charge in [-0.1, -0.05) is 69.2 Å². The third-order valence-corrected chi connectivity index (χ3v) is 5.30. The number of hydrogen-bond donors (Lipinski definition) is 2. The molecular formula is C22H32N2O. The van der Waals surface area contributed by atoms with Crippen LogP contribution in [0.15, 0.2) is 54.3 Å². The zero-order valence-electron chi connectivity index (χ0n) is 15.6. The quantitative estimate of drug-likeness (QED) is 0.702. The third-order valence-electron chi connectivity index (χ3n) is 5.30. The van der Waals surface area contributed by atoms with Gasteiger partial charge < -0.3 is 11.1 Å². The predicted molar refractivity (Wildman–Crippen MR) is 105 cm³/mol. The molecule has 0 spiro atoms. The number of nitrogens with two attached hydrogens (primary N) is 1. The summed E-state index contributed by atoms with van der Waals surface area (Å²) in [6.07, 6.45) is 12.2. The fraction of sp³-hybridized carbons (Fsp3) is 0.500. The van der Waals surface area contributed by atoms with Crippen LogP contribution in [-0.4, -0.2) is 12.5 Å². The minimum atomic E-state index is 0.0738. The van der Waals surface area contributed by atoms with E-state index in [9.17, 15) is 4.79 Å². The van der Waals surface area contributed by atoms with Crippen LogP contribution in [0, 0.1) is 11.3 Å². The molecule has 3 N–H and O–H groups in total. The van der Waals surface area contributed by atoms with Crippen LogP contribution in [0.1, 0.15) is 51.5 Å². The molecule has 1 aliphatic rings. The second-order valence-corrected chi connectivity index (χ2v) is 7.31.